The fourth-order valence-electron chi connectivity index (χ4n) is 1.43. The van der Waals surface area contributed by atoms with Gasteiger partial charge in [-0.3, -0.25) is 9.59 Å². The molecule has 0 aromatic carbocycles. The monoisotopic (exact) mass is 229 g/mol. The molecule has 0 aliphatic carbocycles. The SMILES string of the molecule is CCCC(CN)C(=O)NCCC(=O)NCC. The van der Waals surface area contributed by atoms with Crippen LogP contribution in [0.4, 0.5) is 0 Å². The molecule has 0 aliphatic heterocycles. The molecule has 0 aliphatic rings. The van der Waals surface area contributed by atoms with E-state index in [1.54, 1.807) is 0 Å². The molecular formula is C11H23N3O2. The minimum atomic E-state index is -0.126. The number of hydrogen-bond acceptors (Lipinski definition) is 3. The van der Waals surface area contributed by atoms with Gasteiger partial charge in [0, 0.05) is 26.1 Å². The average molecular weight is 229 g/mol. The molecule has 0 heterocycles. The molecule has 0 radical (unpaired) electrons. The summed E-state index contributed by atoms with van der Waals surface area (Å²) in [5.74, 6) is -0.213. The van der Waals surface area contributed by atoms with Gasteiger partial charge in [0.05, 0.1) is 5.92 Å². The van der Waals surface area contributed by atoms with Crippen molar-refractivity contribution in [3.05, 3.63) is 0 Å². The minimum Gasteiger partial charge on any atom is -0.356 e. The van der Waals surface area contributed by atoms with E-state index < -0.39 is 0 Å². The zero-order valence-electron chi connectivity index (χ0n) is 10.2. The fourth-order valence-corrected chi connectivity index (χ4v) is 1.43. The maximum Gasteiger partial charge on any atom is 0.224 e. The summed E-state index contributed by atoms with van der Waals surface area (Å²) in [7, 11) is 0. The van der Waals surface area contributed by atoms with Gasteiger partial charge in [-0.2, -0.15) is 0 Å². The third-order valence-electron chi connectivity index (χ3n) is 2.32. The molecule has 0 spiro atoms. The molecule has 0 saturated carbocycles. The van der Waals surface area contributed by atoms with Crippen LogP contribution < -0.4 is 16.4 Å². The van der Waals surface area contributed by atoms with Gasteiger partial charge in [-0.1, -0.05) is 13.3 Å². The highest BCUT2D eigenvalue weighted by atomic mass is 16.2. The maximum absolute atomic E-state index is 11.6. The normalized spacial score (nSPS) is 11.9. The van der Waals surface area contributed by atoms with Gasteiger partial charge in [-0.05, 0) is 13.3 Å². The Labute approximate surface area is 97.2 Å². The van der Waals surface area contributed by atoms with Gasteiger partial charge in [-0.15, -0.1) is 0 Å². The van der Waals surface area contributed by atoms with Crippen molar-refractivity contribution in [2.75, 3.05) is 19.6 Å². The molecule has 0 rings (SSSR count). The Morgan fingerprint density at radius 1 is 1.25 bits per heavy atom. The summed E-state index contributed by atoms with van der Waals surface area (Å²) < 4.78 is 0. The van der Waals surface area contributed by atoms with Gasteiger partial charge in [-0.25, -0.2) is 0 Å². The van der Waals surface area contributed by atoms with Crippen molar-refractivity contribution in [1.29, 1.82) is 0 Å². The van der Waals surface area contributed by atoms with Gasteiger partial charge in [0.15, 0.2) is 0 Å². The van der Waals surface area contributed by atoms with Crippen molar-refractivity contribution < 1.29 is 9.59 Å². The Balaban J connectivity index is 3.74. The molecule has 0 aromatic rings. The zero-order chi connectivity index (χ0) is 12.4. The molecular weight excluding hydrogens is 206 g/mol. The van der Waals surface area contributed by atoms with E-state index in [1.807, 2.05) is 13.8 Å². The van der Waals surface area contributed by atoms with Gasteiger partial charge in [0.25, 0.3) is 0 Å². The van der Waals surface area contributed by atoms with Crippen molar-refractivity contribution in [2.45, 2.75) is 33.1 Å². The lowest BCUT2D eigenvalue weighted by molar-refractivity contribution is -0.125. The summed E-state index contributed by atoms with van der Waals surface area (Å²) in [5, 5.41) is 5.40. The third kappa shape index (κ3) is 6.40. The number of carbonyl (C=O) groups excluding carboxylic acids is 2. The highest BCUT2D eigenvalue weighted by molar-refractivity contribution is 5.80. The Hall–Kier alpha value is -1.10. The Kier molecular flexibility index (Phi) is 8.52. The topological polar surface area (TPSA) is 84.2 Å². The third-order valence-corrected chi connectivity index (χ3v) is 2.32. The Morgan fingerprint density at radius 3 is 2.44 bits per heavy atom. The van der Waals surface area contributed by atoms with Crippen LogP contribution in [-0.4, -0.2) is 31.4 Å². The van der Waals surface area contributed by atoms with E-state index in [0.717, 1.165) is 12.8 Å². The number of nitrogens with two attached hydrogens (primary N) is 1. The number of nitrogens with one attached hydrogen (secondary N) is 2. The highest BCUT2D eigenvalue weighted by Gasteiger charge is 2.15. The lowest BCUT2D eigenvalue weighted by atomic mass is 10.0. The van der Waals surface area contributed by atoms with Gasteiger partial charge < -0.3 is 16.4 Å². The summed E-state index contributed by atoms with van der Waals surface area (Å²) >= 11 is 0. The first kappa shape index (κ1) is 14.9. The van der Waals surface area contributed by atoms with Crippen LogP contribution >= 0.6 is 0 Å². The van der Waals surface area contributed by atoms with E-state index in [0.29, 0.717) is 26.1 Å². The van der Waals surface area contributed by atoms with Crippen LogP contribution in [0.15, 0.2) is 0 Å². The summed E-state index contributed by atoms with van der Waals surface area (Å²) in [5.41, 5.74) is 5.50. The lowest BCUT2D eigenvalue weighted by Gasteiger charge is -2.13. The molecule has 0 saturated heterocycles. The van der Waals surface area contributed by atoms with Gasteiger partial charge >= 0.3 is 0 Å². The molecule has 1 unspecified atom stereocenters. The standard InChI is InChI=1S/C11H23N3O2/c1-3-5-9(8-12)11(16)14-7-6-10(15)13-4-2/h9H,3-8,12H2,1-2H3,(H,13,15)(H,14,16). The zero-order valence-corrected chi connectivity index (χ0v) is 10.2. The predicted octanol–water partition coefficient (Wildman–Crippen LogP) is 0.00380. The van der Waals surface area contributed by atoms with E-state index in [9.17, 15) is 9.59 Å². The molecule has 16 heavy (non-hydrogen) atoms. The summed E-state index contributed by atoms with van der Waals surface area (Å²) in [6.07, 6.45) is 2.05. The second-order valence-electron chi connectivity index (χ2n) is 3.72. The molecule has 1 atom stereocenters. The lowest BCUT2D eigenvalue weighted by Crippen LogP contribution is -2.37. The highest BCUT2D eigenvalue weighted by Crippen LogP contribution is 2.03. The van der Waals surface area contributed by atoms with Crippen LogP contribution in [0, 0.1) is 5.92 Å². The molecule has 5 heteroatoms. The molecule has 2 amide bonds. The molecule has 0 fully saturated rings. The first-order chi connectivity index (χ1) is 7.65. The smallest absolute Gasteiger partial charge is 0.224 e. The molecule has 94 valence electrons. The fraction of sp³-hybridized carbons (Fsp3) is 0.818. The van der Waals surface area contributed by atoms with Crippen molar-refractivity contribution in [3.63, 3.8) is 0 Å². The summed E-state index contributed by atoms with van der Waals surface area (Å²) in [4.78, 5) is 22.7. The second-order valence-corrected chi connectivity index (χ2v) is 3.72. The van der Waals surface area contributed by atoms with Gasteiger partial charge in [0.2, 0.25) is 11.8 Å². The van der Waals surface area contributed by atoms with Gasteiger partial charge in [0.1, 0.15) is 0 Å². The van der Waals surface area contributed by atoms with Crippen LogP contribution in [0.25, 0.3) is 0 Å². The van der Waals surface area contributed by atoms with Crippen molar-refractivity contribution in [2.24, 2.45) is 11.7 Å². The van der Waals surface area contributed by atoms with E-state index in [-0.39, 0.29) is 17.7 Å². The first-order valence-corrected chi connectivity index (χ1v) is 5.90. The Morgan fingerprint density at radius 2 is 1.94 bits per heavy atom. The van der Waals surface area contributed by atoms with Crippen molar-refractivity contribution in [3.8, 4) is 0 Å². The van der Waals surface area contributed by atoms with Crippen LogP contribution in [0.2, 0.25) is 0 Å². The van der Waals surface area contributed by atoms with Crippen LogP contribution in [0.1, 0.15) is 33.1 Å². The van der Waals surface area contributed by atoms with E-state index in [4.69, 9.17) is 5.73 Å². The van der Waals surface area contributed by atoms with Crippen LogP contribution in [0.3, 0.4) is 0 Å². The van der Waals surface area contributed by atoms with Crippen LogP contribution in [-0.2, 0) is 9.59 Å². The molecule has 4 N–H and O–H groups in total. The average Bonchev–Trinajstić information content (AvgIpc) is 2.26. The predicted molar refractivity (Wildman–Crippen MR) is 63.8 cm³/mol. The van der Waals surface area contributed by atoms with Crippen molar-refractivity contribution in [1.82, 2.24) is 10.6 Å². The van der Waals surface area contributed by atoms with Crippen molar-refractivity contribution >= 4 is 11.8 Å². The quantitative estimate of drug-likeness (QED) is 0.548. The minimum absolute atomic E-state index is 0.0393. The van der Waals surface area contributed by atoms with Crippen LogP contribution in [0.5, 0.6) is 0 Å². The number of amides is 2. The number of carbonyl (C=O) groups is 2. The molecule has 5 nitrogen and oxygen atoms in total. The van der Waals surface area contributed by atoms with E-state index in [1.165, 1.54) is 0 Å². The maximum atomic E-state index is 11.6. The number of rotatable bonds is 8. The molecule has 0 aromatic heterocycles. The Bertz CT molecular complexity index is 219. The van der Waals surface area contributed by atoms with E-state index >= 15 is 0 Å². The van der Waals surface area contributed by atoms with E-state index in [2.05, 4.69) is 10.6 Å². The summed E-state index contributed by atoms with van der Waals surface area (Å²) in [6, 6.07) is 0. The summed E-state index contributed by atoms with van der Waals surface area (Å²) in [6.45, 7) is 5.24. The first-order valence-electron chi connectivity index (χ1n) is 5.90. The second kappa shape index (κ2) is 9.15. The largest absolute Gasteiger partial charge is 0.356 e. The number of hydrogen-bond donors (Lipinski definition) is 3. The molecule has 0 bridgehead atoms.